The maximum Gasteiger partial charge on any atom is 0.193 e. The first-order chi connectivity index (χ1) is 8.03. The van der Waals surface area contributed by atoms with Gasteiger partial charge < -0.3 is 10.2 Å². The van der Waals surface area contributed by atoms with Gasteiger partial charge in [0.2, 0.25) is 0 Å². The van der Waals surface area contributed by atoms with Crippen LogP contribution in [0.5, 0.6) is 0 Å². The zero-order valence-electron chi connectivity index (χ0n) is 10.6. The smallest absolute Gasteiger partial charge is 0.193 e. The van der Waals surface area contributed by atoms with E-state index in [1.165, 1.54) is 5.56 Å². The maximum atomic E-state index is 9.85. The Bertz CT molecular complexity index is 338. The van der Waals surface area contributed by atoms with Crippen LogP contribution < -0.4 is 0 Å². The summed E-state index contributed by atoms with van der Waals surface area (Å²) in [5, 5.41) is 19.7. The van der Waals surface area contributed by atoms with Crippen LogP contribution >= 0.6 is 0 Å². The van der Waals surface area contributed by atoms with Crippen LogP contribution in [-0.2, 0) is 6.42 Å². The predicted molar refractivity (Wildman–Crippen MR) is 68.8 cm³/mol. The van der Waals surface area contributed by atoms with Crippen LogP contribution in [0, 0.1) is 0 Å². The second kappa shape index (κ2) is 5.96. The van der Waals surface area contributed by atoms with Crippen LogP contribution in [0.2, 0.25) is 0 Å². The van der Waals surface area contributed by atoms with E-state index in [0.717, 1.165) is 6.42 Å². The predicted octanol–water partition coefficient (Wildman–Crippen LogP) is 1.87. The van der Waals surface area contributed by atoms with Crippen molar-refractivity contribution in [2.24, 2.45) is 0 Å². The molecule has 0 saturated heterocycles. The molecule has 1 aromatic rings. The Morgan fingerprint density at radius 1 is 1.18 bits per heavy atom. The van der Waals surface area contributed by atoms with Crippen molar-refractivity contribution in [3.05, 3.63) is 48.7 Å². The molecule has 3 heteroatoms. The highest BCUT2D eigenvalue weighted by molar-refractivity contribution is 5.14. The summed E-state index contributed by atoms with van der Waals surface area (Å²) in [6.45, 7) is 7.73. The fourth-order valence-corrected chi connectivity index (χ4v) is 2.05. The monoisotopic (exact) mass is 236 g/mol. The van der Waals surface area contributed by atoms with E-state index in [9.17, 15) is 10.2 Å². The van der Waals surface area contributed by atoms with Gasteiger partial charge in [0.25, 0.3) is 0 Å². The standard InChI is InChI=1S/C14H22NO2/c1-4-15(12(2)16,13(3)17)11-10-14-8-6-5-7-9-14/h4-9,12-13,16-17H,1,10-11H2,2-3H3/q+1. The first-order valence-electron chi connectivity index (χ1n) is 5.93. The molecule has 0 fully saturated rings. The first kappa shape index (κ1) is 13.9. The quantitative estimate of drug-likeness (QED) is 0.585. The van der Waals surface area contributed by atoms with E-state index >= 15 is 0 Å². The number of nitrogens with zero attached hydrogens (tertiary/aromatic N) is 1. The highest BCUT2D eigenvalue weighted by Crippen LogP contribution is 2.19. The second-order valence-corrected chi connectivity index (χ2v) is 4.40. The molecule has 17 heavy (non-hydrogen) atoms. The third-order valence-corrected chi connectivity index (χ3v) is 3.36. The van der Waals surface area contributed by atoms with Crippen molar-refractivity contribution in [3.63, 3.8) is 0 Å². The van der Waals surface area contributed by atoms with Gasteiger partial charge in [-0.25, -0.2) is 4.48 Å². The second-order valence-electron chi connectivity index (χ2n) is 4.40. The lowest BCUT2D eigenvalue weighted by Crippen LogP contribution is -2.56. The number of hydrogen-bond acceptors (Lipinski definition) is 2. The minimum absolute atomic E-state index is 0.0922. The third kappa shape index (κ3) is 3.16. The molecule has 0 aliphatic heterocycles. The van der Waals surface area contributed by atoms with Crippen molar-refractivity contribution in [3.8, 4) is 0 Å². The summed E-state index contributed by atoms with van der Waals surface area (Å²) in [5.41, 5.74) is 1.19. The number of benzene rings is 1. The van der Waals surface area contributed by atoms with Crippen molar-refractivity contribution >= 4 is 0 Å². The van der Waals surface area contributed by atoms with Gasteiger partial charge in [-0.3, -0.25) is 0 Å². The third-order valence-electron chi connectivity index (χ3n) is 3.36. The first-order valence-corrected chi connectivity index (χ1v) is 5.93. The van der Waals surface area contributed by atoms with Crippen molar-refractivity contribution in [1.82, 2.24) is 0 Å². The Labute approximate surface area is 103 Å². The molecule has 2 unspecified atom stereocenters. The van der Waals surface area contributed by atoms with Gasteiger partial charge in [0.1, 0.15) is 0 Å². The molecule has 0 aromatic heterocycles. The van der Waals surface area contributed by atoms with E-state index in [1.807, 2.05) is 30.3 Å². The molecule has 94 valence electrons. The summed E-state index contributed by atoms with van der Waals surface area (Å²) in [6, 6.07) is 10.0. The maximum absolute atomic E-state index is 9.85. The Balaban J connectivity index is 2.78. The van der Waals surface area contributed by atoms with Gasteiger partial charge >= 0.3 is 0 Å². The van der Waals surface area contributed by atoms with Gasteiger partial charge in [-0.15, -0.1) is 0 Å². The average Bonchev–Trinajstić information content (AvgIpc) is 2.31. The van der Waals surface area contributed by atoms with Crippen molar-refractivity contribution in [2.75, 3.05) is 6.54 Å². The highest BCUT2D eigenvalue weighted by atomic mass is 16.3. The molecular formula is C14H22NO2+. The Morgan fingerprint density at radius 3 is 2.12 bits per heavy atom. The van der Waals surface area contributed by atoms with E-state index in [4.69, 9.17) is 0 Å². The number of quaternary nitrogens is 1. The van der Waals surface area contributed by atoms with E-state index in [2.05, 4.69) is 6.58 Å². The summed E-state index contributed by atoms with van der Waals surface area (Å²) in [4.78, 5) is 0. The summed E-state index contributed by atoms with van der Waals surface area (Å²) in [7, 11) is 0. The molecule has 0 aliphatic rings. The molecule has 0 heterocycles. The molecule has 0 bridgehead atoms. The van der Waals surface area contributed by atoms with Crippen molar-refractivity contribution in [1.29, 1.82) is 0 Å². The number of aliphatic hydroxyl groups excluding tert-OH is 2. The molecule has 2 atom stereocenters. The van der Waals surface area contributed by atoms with Crippen LogP contribution in [0.15, 0.2) is 43.1 Å². The topological polar surface area (TPSA) is 40.5 Å². The molecule has 1 aromatic carbocycles. The van der Waals surface area contributed by atoms with Crippen LogP contribution in [0.3, 0.4) is 0 Å². The van der Waals surface area contributed by atoms with Gasteiger partial charge in [-0.2, -0.15) is 0 Å². The Kier molecular flexibility index (Phi) is 4.87. The number of rotatable bonds is 6. The SMILES string of the molecule is C=C[N+](CCc1ccccc1)(C(C)O)C(C)O. The molecule has 2 N–H and O–H groups in total. The summed E-state index contributed by atoms with van der Waals surface area (Å²) in [5.74, 6) is 0. The molecule has 0 spiro atoms. The summed E-state index contributed by atoms with van der Waals surface area (Å²) < 4.78 is 0.0922. The Morgan fingerprint density at radius 2 is 1.71 bits per heavy atom. The summed E-state index contributed by atoms with van der Waals surface area (Å²) in [6.07, 6.45) is 1.08. The molecule has 1 rings (SSSR count). The zero-order valence-corrected chi connectivity index (χ0v) is 10.6. The van der Waals surface area contributed by atoms with E-state index in [1.54, 1.807) is 20.0 Å². The minimum atomic E-state index is -0.670. The van der Waals surface area contributed by atoms with Crippen LogP contribution in [-0.4, -0.2) is 33.7 Å². The molecular weight excluding hydrogens is 214 g/mol. The van der Waals surface area contributed by atoms with Gasteiger partial charge in [0.05, 0.1) is 12.7 Å². The van der Waals surface area contributed by atoms with Gasteiger partial charge in [-0.05, 0) is 12.1 Å². The zero-order chi connectivity index (χ0) is 12.9. The van der Waals surface area contributed by atoms with Crippen LogP contribution in [0.4, 0.5) is 0 Å². The van der Waals surface area contributed by atoms with E-state index in [-0.39, 0.29) is 4.48 Å². The lowest BCUT2D eigenvalue weighted by Gasteiger charge is -2.39. The minimum Gasteiger partial charge on any atom is -0.345 e. The van der Waals surface area contributed by atoms with Crippen molar-refractivity contribution < 1.29 is 14.7 Å². The fraction of sp³-hybridized carbons (Fsp3) is 0.429. The van der Waals surface area contributed by atoms with Crippen LogP contribution in [0.25, 0.3) is 0 Å². The lowest BCUT2D eigenvalue weighted by atomic mass is 10.1. The Hall–Kier alpha value is -1.16. The van der Waals surface area contributed by atoms with Gasteiger partial charge in [0.15, 0.2) is 12.5 Å². The lowest BCUT2D eigenvalue weighted by molar-refractivity contribution is -0.963. The van der Waals surface area contributed by atoms with E-state index in [0.29, 0.717) is 6.54 Å². The molecule has 0 radical (unpaired) electrons. The van der Waals surface area contributed by atoms with Crippen LogP contribution in [0.1, 0.15) is 19.4 Å². The largest absolute Gasteiger partial charge is 0.345 e. The average molecular weight is 236 g/mol. The molecule has 0 aliphatic carbocycles. The van der Waals surface area contributed by atoms with E-state index < -0.39 is 12.5 Å². The molecule has 3 nitrogen and oxygen atoms in total. The van der Waals surface area contributed by atoms with Gasteiger partial charge in [-0.1, -0.05) is 30.3 Å². The molecule has 0 saturated carbocycles. The number of aliphatic hydroxyl groups is 2. The highest BCUT2D eigenvalue weighted by Gasteiger charge is 2.34. The van der Waals surface area contributed by atoms with Crippen molar-refractivity contribution in [2.45, 2.75) is 32.7 Å². The normalized spacial score (nSPS) is 18.1. The molecule has 0 amide bonds. The van der Waals surface area contributed by atoms with Gasteiger partial charge in [0, 0.05) is 20.3 Å². The summed E-state index contributed by atoms with van der Waals surface area (Å²) >= 11 is 0. The number of hydrogen-bond donors (Lipinski definition) is 2. The fourth-order valence-electron chi connectivity index (χ4n) is 2.05.